The van der Waals surface area contributed by atoms with Crippen molar-refractivity contribution in [2.24, 2.45) is 11.8 Å². The molecule has 2 aliphatic rings. The van der Waals surface area contributed by atoms with Crippen LogP contribution in [0, 0.1) is 18.8 Å². The van der Waals surface area contributed by atoms with E-state index in [0.29, 0.717) is 0 Å². The predicted molar refractivity (Wildman–Crippen MR) is 92.2 cm³/mol. The van der Waals surface area contributed by atoms with Gasteiger partial charge in [0.2, 0.25) is 0 Å². The Morgan fingerprint density at radius 1 is 1.22 bits per heavy atom. The molecule has 0 amide bonds. The third-order valence-corrected chi connectivity index (χ3v) is 5.48. The van der Waals surface area contributed by atoms with Gasteiger partial charge in [0.05, 0.1) is 0 Å². The maximum Gasteiger partial charge on any atom is 0.303 e. The van der Waals surface area contributed by atoms with Gasteiger partial charge in [-0.3, -0.25) is 4.79 Å². The van der Waals surface area contributed by atoms with Gasteiger partial charge in [-0.25, -0.2) is 0 Å². The molecule has 0 radical (unpaired) electrons. The third-order valence-electron chi connectivity index (χ3n) is 5.48. The van der Waals surface area contributed by atoms with E-state index in [4.69, 9.17) is 4.74 Å². The molecule has 1 saturated heterocycles. The van der Waals surface area contributed by atoms with Gasteiger partial charge in [-0.15, -0.1) is 0 Å². The van der Waals surface area contributed by atoms with Crippen molar-refractivity contribution in [3.05, 3.63) is 35.4 Å². The van der Waals surface area contributed by atoms with E-state index < -0.39 is 0 Å². The number of benzene rings is 1. The van der Waals surface area contributed by atoms with Crippen LogP contribution in [0.15, 0.2) is 24.3 Å². The summed E-state index contributed by atoms with van der Waals surface area (Å²) in [6.07, 6.45) is 6.40. The van der Waals surface area contributed by atoms with Gasteiger partial charge in [0.25, 0.3) is 0 Å². The van der Waals surface area contributed by atoms with Crippen molar-refractivity contribution in [3.8, 4) is 0 Å². The summed E-state index contributed by atoms with van der Waals surface area (Å²) in [5, 5.41) is 0. The van der Waals surface area contributed by atoms with Crippen LogP contribution in [-0.2, 0) is 9.53 Å². The van der Waals surface area contributed by atoms with E-state index in [9.17, 15) is 4.79 Å². The lowest BCUT2D eigenvalue weighted by atomic mass is 10.0. The molecular formula is C20H29NO2. The smallest absolute Gasteiger partial charge is 0.303 e. The summed E-state index contributed by atoms with van der Waals surface area (Å²) in [6.45, 7) is 7.05. The second-order valence-electron chi connectivity index (χ2n) is 7.43. The fourth-order valence-electron chi connectivity index (χ4n) is 4.21. The average molecular weight is 315 g/mol. The fraction of sp³-hybridized carbons (Fsp3) is 0.650. The highest BCUT2D eigenvalue weighted by Gasteiger charge is 2.30. The molecule has 1 aliphatic carbocycles. The van der Waals surface area contributed by atoms with Gasteiger partial charge in [0.1, 0.15) is 6.10 Å². The topological polar surface area (TPSA) is 29.5 Å². The Kier molecular flexibility index (Phi) is 5.37. The van der Waals surface area contributed by atoms with Crippen LogP contribution >= 0.6 is 0 Å². The zero-order chi connectivity index (χ0) is 16.2. The fourth-order valence-corrected chi connectivity index (χ4v) is 4.21. The Hall–Kier alpha value is -1.35. The number of carbonyl (C=O) groups is 1. The zero-order valence-electron chi connectivity index (χ0n) is 14.5. The minimum absolute atomic E-state index is 0.117. The van der Waals surface area contributed by atoms with Crippen LogP contribution < -0.4 is 0 Å². The molecule has 1 saturated carbocycles. The van der Waals surface area contributed by atoms with E-state index in [1.54, 1.807) is 0 Å². The molecule has 0 spiro atoms. The quantitative estimate of drug-likeness (QED) is 0.766. The second-order valence-corrected chi connectivity index (χ2v) is 7.43. The molecule has 1 aromatic rings. The Morgan fingerprint density at radius 3 is 2.70 bits per heavy atom. The maximum atomic E-state index is 11.5. The summed E-state index contributed by atoms with van der Waals surface area (Å²) in [7, 11) is 0. The molecule has 23 heavy (non-hydrogen) atoms. The predicted octanol–water partition coefficient (Wildman–Crippen LogP) is 4.11. The first kappa shape index (κ1) is 16.5. The Labute approximate surface area is 140 Å². The molecule has 2 bridgehead atoms. The van der Waals surface area contributed by atoms with Crippen LogP contribution in [0.5, 0.6) is 0 Å². The molecule has 0 N–H and O–H groups in total. The Morgan fingerprint density at radius 2 is 1.96 bits per heavy atom. The van der Waals surface area contributed by atoms with Crippen molar-refractivity contribution in [3.63, 3.8) is 0 Å². The average Bonchev–Trinajstić information content (AvgIpc) is 2.85. The summed E-state index contributed by atoms with van der Waals surface area (Å²) in [6, 6.07) is 8.37. The molecule has 3 nitrogen and oxygen atoms in total. The lowest BCUT2D eigenvalue weighted by molar-refractivity contribution is -0.147. The third kappa shape index (κ3) is 4.57. The van der Waals surface area contributed by atoms with Gasteiger partial charge < -0.3 is 9.64 Å². The first-order chi connectivity index (χ1) is 11.1. The number of likely N-dealkylation sites (tertiary alicyclic amines) is 1. The largest absolute Gasteiger partial charge is 0.458 e. The molecular weight excluding hydrogens is 286 g/mol. The number of hydrogen-bond acceptors (Lipinski definition) is 3. The van der Waals surface area contributed by atoms with Crippen LogP contribution in [-0.4, -0.2) is 30.5 Å². The van der Waals surface area contributed by atoms with Gasteiger partial charge in [-0.05, 0) is 50.1 Å². The lowest BCUT2D eigenvalue weighted by Gasteiger charge is -2.27. The summed E-state index contributed by atoms with van der Waals surface area (Å²) in [5.41, 5.74) is 2.35. The van der Waals surface area contributed by atoms with Gasteiger partial charge in [-0.2, -0.15) is 0 Å². The molecule has 126 valence electrons. The molecule has 3 heteroatoms. The Balaban J connectivity index is 1.59. The molecule has 0 aromatic heterocycles. The molecule has 3 atom stereocenters. The number of hydrogen-bond donors (Lipinski definition) is 0. The highest BCUT2D eigenvalue weighted by Crippen LogP contribution is 2.36. The number of nitrogens with zero attached hydrogens (tertiary/aromatic N) is 1. The summed E-state index contributed by atoms with van der Waals surface area (Å²) >= 11 is 0. The van der Waals surface area contributed by atoms with Crippen molar-refractivity contribution >= 4 is 5.97 Å². The molecule has 1 aromatic carbocycles. The van der Waals surface area contributed by atoms with Crippen LogP contribution in [0.4, 0.5) is 0 Å². The second kappa shape index (κ2) is 7.48. The molecule has 2 fully saturated rings. The van der Waals surface area contributed by atoms with Gasteiger partial charge in [0.15, 0.2) is 0 Å². The van der Waals surface area contributed by atoms with Gasteiger partial charge in [0, 0.05) is 26.4 Å². The minimum Gasteiger partial charge on any atom is -0.458 e. The number of aryl methyl sites for hydroxylation is 1. The first-order valence-electron chi connectivity index (χ1n) is 9.06. The van der Waals surface area contributed by atoms with Crippen LogP contribution in [0.2, 0.25) is 0 Å². The summed E-state index contributed by atoms with van der Waals surface area (Å²) < 4.78 is 5.59. The van der Waals surface area contributed by atoms with E-state index in [2.05, 4.69) is 36.1 Å². The Bertz CT molecular complexity index is 525. The van der Waals surface area contributed by atoms with Crippen LogP contribution in [0.3, 0.4) is 0 Å². The summed E-state index contributed by atoms with van der Waals surface area (Å²) in [4.78, 5) is 14.1. The number of esters is 1. The highest BCUT2D eigenvalue weighted by molar-refractivity contribution is 5.66. The van der Waals surface area contributed by atoms with Crippen molar-refractivity contribution in [1.82, 2.24) is 4.90 Å². The number of rotatable bonds is 5. The zero-order valence-corrected chi connectivity index (χ0v) is 14.5. The number of ether oxygens (including phenoxy) is 1. The van der Waals surface area contributed by atoms with Crippen molar-refractivity contribution in [1.29, 1.82) is 0 Å². The highest BCUT2D eigenvalue weighted by atomic mass is 16.5. The van der Waals surface area contributed by atoms with E-state index in [1.807, 2.05) is 0 Å². The molecule has 1 aliphatic heterocycles. The molecule has 1 heterocycles. The van der Waals surface area contributed by atoms with Gasteiger partial charge in [-0.1, -0.05) is 36.2 Å². The van der Waals surface area contributed by atoms with Crippen molar-refractivity contribution in [2.75, 3.05) is 19.6 Å². The van der Waals surface area contributed by atoms with E-state index >= 15 is 0 Å². The number of carbonyl (C=O) groups excluding carboxylic acids is 1. The maximum absolute atomic E-state index is 11.5. The van der Waals surface area contributed by atoms with Crippen LogP contribution in [0.25, 0.3) is 0 Å². The van der Waals surface area contributed by atoms with E-state index in [1.165, 1.54) is 51.3 Å². The van der Waals surface area contributed by atoms with Crippen molar-refractivity contribution < 1.29 is 9.53 Å². The van der Waals surface area contributed by atoms with Crippen LogP contribution in [0.1, 0.15) is 56.3 Å². The normalized spacial score (nSPS) is 25.8. The monoisotopic (exact) mass is 315 g/mol. The minimum atomic E-state index is -0.189. The number of fused-ring (bicyclic) bond motifs is 2. The summed E-state index contributed by atoms with van der Waals surface area (Å²) in [5.74, 6) is 1.67. The first-order valence-corrected chi connectivity index (χ1v) is 9.06. The van der Waals surface area contributed by atoms with E-state index in [0.717, 1.165) is 30.4 Å². The standard InChI is InChI=1S/C20H29NO2/c1-15-3-7-19(8-4-15)20(23-16(2)22)10-12-21-11-9-17-5-6-18(13-17)14-21/h3-4,7-8,17-18,20H,5-6,9-14H2,1-2H3/t17-,18-,20-/m0/s1. The lowest BCUT2D eigenvalue weighted by Crippen LogP contribution is -2.31. The van der Waals surface area contributed by atoms with E-state index in [-0.39, 0.29) is 12.1 Å². The molecule has 3 rings (SSSR count). The van der Waals surface area contributed by atoms with Crippen molar-refractivity contribution in [2.45, 2.75) is 52.1 Å². The van der Waals surface area contributed by atoms with Gasteiger partial charge >= 0.3 is 5.97 Å². The molecule has 0 unspecified atom stereocenters. The SMILES string of the molecule is CC(=O)O[C@@H](CCN1CC[C@@H]2CC[C@@H](C2)C1)c1ccc(C)cc1.